The minimum absolute atomic E-state index is 0.710. The Morgan fingerprint density at radius 3 is 2.34 bits per heavy atom. The first-order valence-corrected chi connectivity index (χ1v) is 10.0. The SMILES string of the molecule is CNN1c2cc(Br)ccc2NC(NC)(NC)C1(C=O)C(N)c1ccc(OC)cc1. The Balaban J connectivity index is 2.26. The molecule has 9 heteroatoms. The molecule has 3 rings (SSSR count). The predicted molar refractivity (Wildman–Crippen MR) is 119 cm³/mol. The molecule has 0 bridgehead atoms. The number of nitrogens with zero attached hydrogens (tertiary/aromatic N) is 1. The molecule has 2 aromatic carbocycles. The Labute approximate surface area is 179 Å². The van der Waals surface area contributed by atoms with E-state index in [-0.39, 0.29) is 0 Å². The number of anilines is 2. The van der Waals surface area contributed by atoms with Gasteiger partial charge in [-0.2, -0.15) is 0 Å². The maximum absolute atomic E-state index is 12.9. The first-order valence-electron chi connectivity index (χ1n) is 9.22. The van der Waals surface area contributed by atoms with Crippen molar-refractivity contribution in [2.45, 2.75) is 17.4 Å². The van der Waals surface area contributed by atoms with Gasteiger partial charge in [-0.1, -0.05) is 28.1 Å². The van der Waals surface area contributed by atoms with Crippen LogP contribution < -0.4 is 36.9 Å². The Bertz CT molecular complexity index is 874. The highest BCUT2D eigenvalue weighted by Crippen LogP contribution is 2.46. The molecule has 0 radical (unpaired) electrons. The molecule has 0 spiro atoms. The smallest absolute Gasteiger partial charge is 0.180 e. The maximum Gasteiger partial charge on any atom is 0.180 e. The number of likely N-dealkylation sites (N-methyl/N-ethyl adjacent to an activating group) is 2. The third kappa shape index (κ3) is 3.19. The number of carbonyl (C=O) groups is 1. The van der Waals surface area contributed by atoms with Crippen molar-refractivity contribution in [3.63, 3.8) is 0 Å². The number of nitrogens with one attached hydrogen (secondary N) is 4. The van der Waals surface area contributed by atoms with Crippen LogP contribution >= 0.6 is 15.9 Å². The van der Waals surface area contributed by atoms with Crippen LogP contribution in [0.5, 0.6) is 5.75 Å². The monoisotopic (exact) mass is 462 g/mol. The number of ether oxygens (including phenoxy) is 1. The molecule has 0 saturated carbocycles. The van der Waals surface area contributed by atoms with Crippen LogP contribution in [0.3, 0.4) is 0 Å². The summed E-state index contributed by atoms with van der Waals surface area (Å²) in [6.45, 7) is 0. The highest BCUT2D eigenvalue weighted by Gasteiger charge is 2.62. The van der Waals surface area contributed by atoms with E-state index in [4.69, 9.17) is 10.5 Å². The zero-order chi connectivity index (χ0) is 21.2. The average Bonchev–Trinajstić information content (AvgIpc) is 2.77. The fraction of sp³-hybridized carbons (Fsp3) is 0.350. The maximum atomic E-state index is 12.9. The summed E-state index contributed by atoms with van der Waals surface area (Å²) in [6, 6.07) is 12.5. The first kappa shape index (κ1) is 21.5. The number of fused-ring (bicyclic) bond motifs is 1. The number of benzene rings is 2. The summed E-state index contributed by atoms with van der Waals surface area (Å²) in [5, 5.41) is 11.8. The molecule has 6 N–H and O–H groups in total. The Morgan fingerprint density at radius 2 is 1.83 bits per heavy atom. The van der Waals surface area contributed by atoms with Crippen molar-refractivity contribution >= 4 is 33.6 Å². The molecule has 156 valence electrons. The van der Waals surface area contributed by atoms with Gasteiger partial charge in [0.15, 0.2) is 17.6 Å². The number of rotatable bonds is 7. The summed E-state index contributed by atoms with van der Waals surface area (Å²) >= 11 is 3.52. The lowest BCUT2D eigenvalue weighted by Crippen LogP contribution is -2.85. The van der Waals surface area contributed by atoms with Crippen molar-refractivity contribution in [2.75, 3.05) is 38.6 Å². The summed E-state index contributed by atoms with van der Waals surface area (Å²) in [5.41, 5.74) is 11.1. The van der Waals surface area contributed by atoms with E-state index in [1.165, 1.54) is 0 Å². The molecular weight excluding hydrogens is 436 g/mol. The van der Waals surface area contributed by atoms with Crippen LogP contribution in [-0.4, -0.2) is 45.9 Å². The van der Waals surface area contributed by atoms with E-state index in [9.17, 15) is 4.79 Å². The van der Waals surface area contributed by atoms with Gasteiger partial charge in [0, 0.05) is 11.5 Å². The van der Waals surface area contributed by atoms with Crippen molar-refractivity contribution in [3.05, 3.63) is 52.5 Å². The van der Waals surface area contributed by atoms with Gasteiger partial charge in [0.2, 0.25) is 0 Å². The molecule has 1 heterocycles. The second-order valence-electron chi connectivity index (χ2n) is 6.79. The number of hydrogen-bond acceptors (Lipinski definition) is 8. The van der Waals surface area contributed by atoms with Crippen molar-refractivity contribution in [2.24, 2.45) is 5.73 Å². The van der Waals surface area contributed by atoms with Gasteiger partial charge < -0.3 is 20.6 Å². The normalized spacial score (nSPS) is 21.1. The summed E-state index contributed by atoms with van der Waals surface area (Å²) in [7, 11) is 6.93. The van der Waals surface area contributed by atoms with Gasteiger partial charge >= 0.3 is 0 Å². The quantitative estimate of drug-likeness (QED) is 0.312. The fourth-order valence-electron chi connectivity index (χ4n) is 4.07. The lowest BCUT2D eigenvalue weighted by molar-refractivity contribution is -0.117. The standard InChI is InChI=1S/C20H27BrN6O2/c1-23-20(24-2)19(12-28,18(22)13-5-8-15(29-4)9-6-13)27(25-3)17-11-14(21)7-10-16(17)26-20/h5-12,18,23-26H,22H2,1-4H3. The number of methoxy groups -OCH3 is 1. The zero-order valence-electron chi connectivity index (χ0n) is 16.9. The third-order valence-electron chi connectivity index (χ3n) is 5.60. The van der Waals surface area contributed by atoms with E-state index >= 15 is 0 Å². The number of halogens is 1. The molecule has 2 aromatic rings. The van der Waals surface area contributed by atoms with Crippen molar-refractivity contribution < 1.29 is 9.53 Å². The molecule has 1 aliphatic heterocycles. The first-order chi connectivity index (χ1) is 13.9. The molecule has 0 amide bonds. The fourth-order valence-corrected chi connectivity index (χ4v) is 4.42. The molecule has 0 saturated heterocycles. The van der Waals surface area contributed by atoms with Crippen LogP contribution in [0.4, 0.5) is 11.4 Å². The van der Waals surface area contributed by atoms with E-state index in [1.807, 2.05) is 42.5 Å². The summed E-state index contributed by atoms with van der Waals surface area (Å²) < 4.78 is 6.14. The minimum atomic E-state index is -1.28. The third-order valence-corrected chi connectivity index (χ3v) is 6.09. The molecule has 0 aliphatic carbocycles. The molecule has 1 aliphatic rings. The van der Waals surface area contributed by atoms with Gasteiger partial charge in [0.25, 0.3) is 0 Å². The molecule has 0 aromatic heterocycles. The topological polar surface area (TPSA) is 104 Å². The van der Waals surface area contributed by atoms with Crippen LogP contribution in [0.1, 0.15) is 11.6 Å². The largest absolute Gasteiger partial charge is 0.497 e. The van der Waals surface area contributed by atoms with Crippen LogP contribution in [-0.2, 0) is 4.79 Å². The highest BCUT2D eigenvalue weighted by atomic mass is 79.9. The van der Waals surface area contributed by atoms with Crippen LogP contribution in [0.25, 0.3) is 0 Å². The van der Waals surface area contributed by atoms with E-state index in [0.717, 1.165) is 33.4 Å². The number of hydrazine groups is 1. The van der Waals surface area contributed by atoms with Crippen LogP contribution in [0, 0.1) is 0 Å². The highest BCUT2D eigenvalue weighted by molar-refractivity contribution is 9.10. The second-order valence-corrected chi connectivity index (χ2v) is 7.71. The Kier molecular flexibility index (Phi) is 6.16. The van der Waals surface area contributed by atoms with Crippen LogP contribution in [0.15, 0.2) is 46.9 Å². The van der Waals surface area contributed by atoms with E-state index < -0.39 is 17.4 Å². The lowest BCUT2D eigenvalue weighted by atomic mass is 9.77. The van der Waals surface area contributed by atoms with Crippen LogP contribution in [0.2, 0.25) is 0 Å². The van der Waals surface area contributed by atoms with Gasteiger partial charge in [-0.15, -0.1) is 0 Å². The molecule has 2 atom stereocenters. The predicted octanol–water partition coefficient (Wildman–Crippen LogP) is 1.55. The summed E-state index contributed by atoms with van der Waals surface area (Å²) in [4.78, 5) is 12.9. The molecular formula is C20H27BrN6O2. The molecule has 2 unspecified atom stereocenters. The van der Waals surface area contributed by atoms with Gasteiger partial charge in [-0.25, -0.2) is 5.43 Å². The molecule has 29 heavy (non-hydrogen) atoms. The van der Waals surface area contributed by atoms with Gasteiger partial charge in [0.1, 0.15) is 5.75 Å². The Hall–Kier alpha value is -2.17. The van der Waals surface area contributed by atoms with E-state index in [0.29, 0.717) is 0 Å². The number of carbonyl (C=O) groups excluding carboxylic acids is 1. The van der Waals surface area contributed by atoms with Crippen molar-refractivity contribution in [3.8, 4) is 5.75 Å². The van der Waals surface area contributed by atoms with E-state index in [2.05, 4.69) is 37.3 Å². The zero-order valence-corrected chi connectivity index (χ0v) is 18.5. The van der Waals surface area contributed by atoms with Gasteiger partial charge in [-0.05, 0) is 50.0 Å². The van der Waals surface area contributed by atoms with E-state index in [1.54, 1.807) is 33.3 Å². The second kappa shape index (κ2) is 8.29. The number of nitrogens with two attached hydrogens (primary N) is 1. The minimum Gasteiger partial charge on any atom is -0.497 e. The average molecular weight is 463 g/mol. The molecule has 8 nitrogen and oxygen atoms in total. The van der Waals surface area contributed by atoms with Gasteiger partial charge in [0.05, 0.1) is 24.5 Å². The lowest BCUT2D eigenvalue weighted by Gasteiger charge is -2.59. The molecule has 0 fully saturated rings. The van der Waals surface area contributed by atoms with Crippen molar-refractivity contribution in [1.29, 1.82) is 0 Å². The Morgan fingerprint density at radius 1 is 1.17 bits per heavy atom. The number of hydrogen-bond donors (Lipinski definition) is 5. The summed E-state index contributed by atoms with van der Waals surface area (Å²) in [6.07, 6.45) is 0.877. The van der Waals surface area contributed by atoms with Gasteiger partial charge in [-0.3, -0.25) is 15.6 Å². The van der Waals surface area contributed by atoms with Crippen molar-refractivity contribution in [1.82, 2.24) is 16.1 Å². The summed E-state index contributed by atoms with van der Waals surface area (Å²) in [5.74, 6) is -0.353. The number of aldehydes is 1.